The van der Waals surface area contributed by atoms with Gasteiger partial charge in [0.15, 0.2) is 11.6 Å². The number of nitrogens with zero attached hydrogens (tertiary/aromatic N) is 2. The SMILES string of the molecule is CCNc1ncnc(NCC2CCCCC2O)c1OC. The Hall–Kier alpha value is -1.56. The maximum Gasteiger partial charge on any atom is 0.204 e. The minimum Gasteiger partial charge on any atom is -0.490 e. The van der Waals surface area contributed by atoms with Crippen molar-refractivity contribution in [1.29, 1.82) is 0 Å². The zero-order valence-corrected chi connectivity index (χ0v) is 12.2. The standard InChI is InChI=1S/C14H24N4O2/c1-3-15-13-12(20-2)14(18-9-17-13)16-8-10-6-4-5-7-11(10)19/h9-11,19H,3-8H2,1-2H3,(H2,15,16,17,18). The van der Waals surface area contributed by atoms with E-state index in [1.807, 2.05) is 6.92 Å². The average Bonchev–Trinajstić information content (AvgIpc) is 2.47. The van der Waals surface area contributed by atoms with Gasteiger partial charge in [0.25, 0.3) is 0 Å². The fraction of sp³-hybridized carbons (Fsp3) is 0.714. The van der Waals surface area contributed by atoms with Gasteiger partial charge in [-0.3, -0.25) is 0 Å². The lowest BCUT2D eigenvalue weighted by Crippen LogP contribution is -2.30. The summed E-state index contributed by atoms with van der Waals surface area (Å²) in [5.74, 6) is 2.28. The number of hydrogen-bond acceptors (Lipinski definition) is 6. The second-order valence-corrected chi connectivity index (χ2v) is 5.13. The van der Waals surface area contributed by atoms with Crippen LogP contribution in [0.5, 0.6) is 5.75 Å². The van der Waals surface area contributed by atoms with E-state index in [9.17, 15) is 5.11 Å². The van der Waals surface area contributed by atoms with Crippen molar-refractivity contribution in [3.63, 3.8) is 0 Å². The molecule has 1 aliphatic carbocycles. The lowest BCUT2D eigenvalue weighted by molar-refractivity contribution is 0.0762. The molecule has 112 valence electrons. The van der Waals surface area contributed by atoms with E-state index in [0.29, 0.717) is 23.9 Å². The van der Waals surface area contributed by atoms with Crippen LogP contribution in [-0.2, 0) is 0 Å². The van der Waals surface area contributed by atoms with E-state index in [2.05, 4.69) is 20.6 Å². The zero-order valence-electron chi connectivity index (χ0n) is 12.2. The molecule has 2 rings (SSSR count). The normalized spacial score (nSPS) is 22.4. The Morgan fingerprint density at radius 1 is 1.25 bits per heavy atom. The Bertz CT molecular complexity index is 428. The fourth-order valence-corrected chi connectivity index (χ4v) is 2.64. The molecule has 0 saturated heterocycles. The van der Waals surface area contributed by atoms with E-state index >= 15 is 0 Å². The molecule has 0 aliphatic heterocycles. The molecule has 0 bridgehead atoms. The third-order valence-electron chi connectivity index (χ3n) is 3.75. The van der Waals surface area contributed by atoms with Gasteiger partial charge in [-0.1, -0.05) is 12.8 Å². The van der Waals surface area contributed by atoms with Crippen molar-refractivity contribution in [1.82, 2.24) is 9.97 Å². The van der Waals surface area contributed by atoms with E-state index in [-0.39, 0.29) is 12.0 Å². The number of hydrogen-bond donors (Lipinski definition) is 3. The van der Waals surface area contributed by atoms with Crippen LogP contribution in [0, 0.1) is 5.92 Å². The van der Waals surface area contributed by atoms with E-state index < -0.39 is 0 Å². The van der Waals surface area contributed by atoms with Crippen molar-refractivity contribution >= 4 is 11.6 Å². The Balaban J connectivity index is 2.03. The predicted octanol–water partition coefficient (Wildman–Crippen LogP) is 1.88. The molecule has 0 radical (unpaired) electrons. The highest BCUT2D eigenvalue weighted by Crippen LogP contribution is 2.30. The second kappa shape index (κ2) is 7.28. The number of nitrogens with one attached hydrogen (secondary N) is 2. The van der Waals surface area contributed by atoms with Crippen LogP contribution >= 0.6 is 0 Å². The molecule has 1 aliphatic rings. The molecule has 0 aromatic carbocycles. The van der Waals surface area contributed by atoms with E-state index in [1.54, 1.807) is 7.11 Å². The van der Waals surface area contributed by atoms with Gasteiger partial charge in [0.1, 0.15) is 6.33 Å². The topological polar surface area (TPSA) is 79.3 Å². The summed E-state index contributed by atoms with van der Waals surface area (Å²) in [4.78, 5) is 8.41. The number of anilines is 2. The summed E-state index contributed by atoms with van der Waals surface area (Å²) in [5.41, 5.74) is 0. The average molecular weight is 280 g/mol. The summed E-state index contributed by atoms with van der Waals surface area (Å²) in [5, 5.41) is 16.4. The number of rotatable bonds is 6. The van der Waals surface area contributed by atoms with Crippen LogP contribution in [0.1, 0.15) is 32.6 Å². The monoisotopic (exact) mass is 280 g/mol. The zero-order chi connectivity index (χ0) is 14.4. The summed E-state index contributed by atoms with van der Waals surface area (Å²) in [7, 11) is 1.61. The third-order valence-corrected chi connectivity index (χ3v) is 3.75. The Labute approximate surface area is 120 Å². The molecule has 1 aromatic heterocycles. The van der Waals surface area contributed by atoms with Crippen molar-refractivity contribution < 1.29 is 9.84 Å². The smallest absolute Gasteiger partial charge is 0.204 e. The Morgan fingerprint density at radius 2 is 1.95 bits per heavy atom. The molecule has 1 fully saturated rings. The van der Waals surface area contributed by atoms with Crippen LogP contribution in [-0.4, -0.2) is 41.4 Å². The Kier molecular flexibility index (Phi) is 5.40. The van der Waals surface area contributed by atoms with Gasteiger partial charge < -0.3 is 20.5 Å². The minimum absolute atomic E-state index is 0.211. The molecular formula is C14H24N4O2. The summed E-state index contributed by atoms with van der Waals surface area (Å²) >= 11 is 0. The molecule has 1 heterocycles. The van der Waals surface area contributed by atoms with Crippen LogP contribution in [0.4, 0.5) is 11.6 Å². The number of aromatic nitrogens is 2. The first-order valence-corrected chi connectivity index (χ1v) is 7.31. The summed E-state index contributed by atoms with van der Waals surface area (Å²) in [6.07, 6.45) is 5.57. The Morgan fingerprint density at radius 3 is 2.60 bits per heavy atom. The van der Waals surface area contributed by atoms with Gasteiger partial charge >= 0.3 is 0 Å². The molecule has 1 aromatic rings. The van der Waals surface area contributed by atoms with Crippen LogP contribution in [0.15, 0.2) is 6.33 Å². The molecule has 0 amide bonds. The number of methoxy groups -OCH3 is 1. The lowest BCUT2D eigenvalue weighted by atomic mass is 9.86. The lowest BCUT2D eigenvalue weighted by Gasteiger charge is -2.28. The van der Waals surface area contributed by atoms with Crippen LogP contribution in [0.3, 0.4) is 0 Å². The van der Waals surface area contributed by atoms with Crippen molar-refractivity contribution in [3.05, 3.63) is 6.33 Å². The molecule has 20 heavy (non-hydrogen) atoms. The predicted molar refractivity (Wildman–Crippen MR) is 79.2 cm³/mol. The second-order valence-electron chi connectivity index (χ2n) is 5.13. The van der Waals surface area contributed by atoms with E-state index in [1.165, 1.54) is 12.7 Å². The highest BCUT2D eigenvalue weighted by Gasteiger charge is 2.23. The largest absolute Gasteiger partial charge is 0.490 e. The molecule has 0 spiro atoms. The summed E-state index contributed by atoms with van der Waals surface area (Å²) < 4.78 is 5.38. The number of ether oxygens (including phenoxy) is 1. The van der Waals surface area contributed by atoms with Gasteiger partial charge in [-0.2, -0.15) is 0 Å². The fourth-order valence-electron chi connectivity index (χ4n) is 2.64. The van der Waals surface area contributed by atoms with E-state index in [4.69, 9.17) is 4.74 Å². The third kappa shape index (κ3) is 3.50. The molecule has 6 nitrogen and oxygen atoms in total. The molecule has 2 unspecified atom stereocenters. The maximum atomic E-state index is 10.00. The number of aliphatic hydroxyl groups excluding tert-OH is 1. The van der Waals surface area contributed by atoms with Gasteiger partial charge in [-0.05, 0) is 19.8 Å². The highest BCUT2D eigenvalue weighted by molar-refractivity contribution is 5.63. The molecule has 3 N–H and O–H groups in total. The van der Waals surface area contributed by atoms with Crippen molar-refractivity contribution in [3.8, 4) is 5.75 Å². The molecule has 2 atom stereocenters. The molecule has 6 heteroatoms. The van der Waals surface area contributed by atoms with Gasteiger partial charge in [-0.15, -0.1) is 0 Å². The number of aliphatic hydroxyl groups is 1. The van der Waals surface area contributed by atoms with Crippen LogP contribution in [0.25, 0.3) is 0 Å². The van der Waals surface area contributed by atoms with Gasteiger partial charge in [-0.25, -0.2) is 9.97 Å². The van der Waals surface area contributed by atoms with E-state index in [0.717, 1.165) is 25.8 Å². The van der Waals surface area contributed by atoms with Gasteiger partial charge in [0.05, 0.1) is 13.2 Å². The van der Waals surface area contributed by atoms with Crippen LogP contribution in [0.2, 0.25) is 0 Å². The first-order valence-electron chi connectivity index (χ1n) is 7.31. The van der Waals surface area contributed by atoms with Crippen LogP contribution < -0.4 is 15.4 Å². The van der Waals surface area contributed by atoms with Crippen molar-refractivity contribution in [2.45, 2.75) is 38.7 Å². The summed E-state index contributed by atoms with van der Waals surface area (Å²) in [6, 6.07) is 0. The summed E-state index contributed by atoms with van der Waals surface area (Å²) in [6.45, 7) is 3.49. The van der Waals surface area contributed by atoms with Gasteiger partial charge in [0, 0.05) is 19.0 Å². The highest BCUT2D eigenvalue weighted by atomic mass is 16.5. The quantitative estimate of drug-likeness (QED) is 0.738. The molecule has 1 saturated carbocycles. The van der Waals surface area contributed by atoms with Gasteiger partial charge in [0.2, 0.25) is 5.75 Å². The first-order chi connectivity index (χ1) is 9.76. The van der Waals surface area contributed by atoms with Crippen molar-refractivity contribution in [2.24, 2.45) is 5.92 Å². The molecular weight excluding hydrogens is 256 g/mol. The maximum absolute atomic E-state index is 10.00. The van der Waals surface area contributed by atoms with Crippen molar-refractivity contribution in [2.75, 3.05) is 30.8 Å². The minimum atomic E-state index is -0.211. The first kappa shape index (κ1) is 14.8.